The summed E-state index contributed by atoms with van der Waals surface area (Å²) in [7, 11) is 3.45. The Morgan fingerprint density at radius 2 is 2.11 bits per heavy atom. The predicted octanol–water partition coefficient (Wildman–Crippen LogP) is 1.99. The Morgan fingerprint density at radius 3 is 2.72 bits per heavy atom. The molecule has 1 heterocycles. The number of isocyanates is 1. The van der Waals surface area contributed by atoms with E-state index >= 15 is 0 Å². The Kier molecular flexibility index (Phi) is 3.55. The van der Waals surface area contributed by atoms with Gasteiger partial charge in [0.25, 0.3) is 0 Å². The van der Waals surface area contributed by atoms with E-state index < -0.39 is 0 Å². The molecule has 0 amide bonds. The van der Waals surface area contributed by atoms with Crippen LogP contribution in [-0.2, 0) is 18.3 Å². The highest BCUT2D eigenvalue weighted by atomic mass is 16.5. The minimum atomic E-state index is 0.559. The molecule has 0 atom stereocenters. The Hall–Kier alpha value is -2.39. The molecule has 0 bridgehead atoms. The van der Waals surface area contributed by atoms with Crippen LogP contribution in [0.5, 0.6) is 5.75 Å². The van der Waals surface area contributed by atoms with E-state index in [1.807, 2.05) is 31.3 Å². The smallest absolute Gasteiger partial charge is 0.240 e. The van der Waals surface area contributed by atoms with Crippen molar-refractivity contribution in [3.63, 3.8) is 0 Å². The van der Waals surface area contributed by atoms with Crippen molar-refractivity contribution >= 4 is 11.8 Å². The molecule has 1 aromatic heterocycles. The van der Waals surface area contributed by atoms with Crippen molar-refractivity contribution in [3.8, 4) is 5.75 Å². The second-order valence-electron chi connectivity index (χ2n) is 3.83. The number of benzene rings is 1. The Bertz CT molecular complexity index is 581. The van der Waals surface area contributed by atoms with Crippen molar-refractivity contribution in [1.82, 2.24) is 9.78 Å². The Morgan fingerprint density at radius 1 is 1.39 bits per heavy atom. The molecule has 0 spiro atoms. The summed E-state index contributed by atoms with van der Waals surface area (Å²) in [5, 5.41) is 4.08. The average molecular weight is 243 g/mol. The lowest BCUT2D eigenvalue weighted by Gasteiger charge is -2.05. The van der Waals surface area contributed by atoms with Gasteiger partial charge in [-0.1, -0.05) is 12.1 Å². The zero-order valence-electron chi connectivity index (χ0n) is 10.3. The summed E-state index contributed by atoms with van der Waals surface area (Å²) in [6, 6.07) is 7.74. The van der Waals surface area contributed by atoms with E-state index in [-0.39, 0.29) is 0 Å². The molecule has 5 nitrogen and oxygen atoms in total. The third kappa shape index (κ3) is 2.47. The number of carbonyl (C=O) groups excluding carboxylic acids is 1. The summed E-state index contributed by atoms with van der Waals surface area (Å²) >= 11 is 0. The molecule has 1 aromatic carbocycles. The first kappa shape index (κ1) is 12.1. The summed E-state index contributed by atoms with van der Waals surface area (Å²) in [5.74, 6) is 0.815. The normalized spacial score (nSPS) is 9.89. The Balaban J connectivity index is 2.27. The first-order valence-corrected chi connectivity index (χ1v) is 5.46. The van der Waals surface area contributed by atoms with Crippen molar-refractivity contribution in [2.24, 2.45) is 12.0 Å². The molecule has 0 aliphatic carbocycles. The SMILES string of the molecule is COc1ccc(Cc2c(N=C=O)cnn2C)cc1. The van der Waals surface area contributed by atoms with Gasteiger partial charge in [-0.15, -0.1) is 0 Å². The predicted molar refractivity (Wildman–Crippen MR) is 66.8 cm³/mol. The van der Waals surface area contributed by atoms with Crippen LogP contribution in [0.25, 0.3) is 0 Å². The quantitative estimate of drug-likeness (QED) is 0.609. The van der Waals surface area contributed by atoms with Gasteiger partial charge in [-0.05, 0) is 17.7 Å². The number of aryl methyl sites for hydroxylation is 1. The maximum Gasteiger partial charge on any atom is 0.240 e. The fourth-order valence-corrected chi connectivity index (χ4v) is 1.74. The Labute approximate surface area is 105 Å². The van der Waals surface area contributed by atoms with E-state index in [4.69, 9.17) is 4.74 Å². The molecule has 2 aromatic rings. The van der Waals surface area contributed by atoms with Crippen LogP contribution in [0.3, 0.4) is 0 Å². The van der Waals surface area contributed by atoms with Crippen molar-refractivity contribution < 1.29 is 9.53 Å². The molecule has 0 saturated heterocycles. The minimum absolute atomic E-state index is 0.559. The maximum absolute atomic E-state index is 10.3. The van der Waals surface area contributed by atoms with Gasteiger partial charge in [0.2, 0.25) is 6.08 Å². The topological polar surface area (TPSA) is 56.5 Å². The molecule has 0 unspecified atom stereocenters. The van der Waals surface area contributed by atoms with Gasteiger partial charge in [-0.25, -0.2) is 4.79 Å². The first-order valence-electron chi connectivity index (χ1n) is 5.46. The highest BCUT2D eigenvalue weighted by Gasteiger charge is 2.08. The average Bonchev–Trinajstić information content (AvgIpc) is 2.73. The summed E-state index contributed by atoms with van der Waals surface area (Å²) in [5.41, 5.74) is 2.54. The van der Waals surface area contributed by atoms with Gasteiger partial charge >= 0.3 is 0 Å². The number of nitrogens with zero attached hydrogens (tertiary/aromatic N) is 3. The van der Waals surface area contributed by atoms with Crippen molar-refractivity contribution in [1.29, 1.82) is 0 Å². The van der Waals surface area contributed by atoms with Gasteiger partial charge in [0.15, 0.2) is 0 Å². The van der Waals surface area contributed by atoms with Gasteiger partial charge in [-0.2, -0.15) is 10.1 Å². The number of hydrogen-bond donors (Lipinski definition) is 0. The number of hydrogen-bond acceptors (Lipinski definition) is 4. The van der Waals surface area contributed by atoms with Crippen LogP contribution < -0.4 is 4.74 Å². The van der Waals surface area contributed by atoms with Crippen molar-refractivity contribution in [3.05, 3.63) is 41.7 Å². The molecule has 0 saturated carbocycles. The monoisotopic (exact) mass is 243 g/mol. The van der Waals surface area contributed by atoms with Crippen LogP contribution in [0.15, 0.2) is 35.5 Å². The third-order valence-electron chi connectivity index (χ3n) is 2.74. The molecule has 0 aliphatic rings. The van der Waals surface area contributed by atoms with Crippen LogP contribution in [-0.4, -0.2) is 23.0 Å². The highest BCUT2D eigenvalue weighted by Crippen LogP contribution is 2.21. The summed E-state index contributed by atoms with van der Waals surface area (Å²) in [6.45, 7) is 0. The number of ether oxygens (including phenoxy) is 1. The van der Waals surface area contributed by atoms with E-state index in [0.29, 0.717) is 12.1 Å². The molecular formula is C13H13N3O2. The van der Waals surface area contributed by atoms with E-state index in [0.717, 1.165) is 17.0 Å². The van der Waals surface area contributed by atoms with Crippen LogP contribution in [0, 0.1) is 0 Å². The number of rotatable bonds is 4. The largest absolute Gasteiger partial charge is 0.497 e. The van der Waals surface area contributed by atoms with Crippen LogP contribution in [0.4, 0.5) is 5.69 Å². The van der Waals surface area contributed by atoms with Crippen LogP contribution in [0.2, 0.25) is 0 Å². The first-order chi connectivity index (χ1) is 8.74. The molecule has 5 heteroatoms. The summed E-state index contributed by atoms with van der Waals surface area (Å²) < 4.78 is 6.81. The maximum atomic E-state index is 10.3. The lowest BCUT2D eigenvalue weighted by Crippen LogP contribution is -1.99. The van der Waals surface area contributed by atoms with Crippen LogP contribution in [0.1, 0.15) is 11.3 Å². The molecule has 0 N–H and O–H groups in total. The van der Waals surface area contributed by atoms with E-state index in [2.05, 4.69) is 10.1 Å². The van der Waals surface area contributed by atoms with Gasteiger partial charge in [-0.3, -0.25) is 4.68 Å². The summed E-state index contributed by atoms with van der Waals surface area (Å²) in [6.07, 6.45) is 3.76. The van der Waals surface area contributed by atoms with E-state index in [1.54, 1.807) is 24.1 Å². The molecule has 92 valence electrons. The highest BCUT2D eigenvalue weighted by molar-refractivity contribution is 5.51. The number of aliphatic imine (C=N–C) groups is 1. The zero-order valence-corrected chi connectivity index (χ0v) is 10.3. The molecule has 0 radical (unpaired) electrons. The van der Waals surface area contributed by atoms with Gasteiger partial charge < -0.3 is 4.74 Å². The lowest BCUT2D eigenvalue weighted by atomic mass is 10.1. The molecule has 0 fully saturated rings. The number of aromatic nitrogens is 2. The summed E-state index contributed by atoms with van der Waals surface area (Å²) in [4.78, 5) is 14.0. The third-order valence-corrected chi connectivity index (χ3v) is 2.74. The minimum Gasteiger partial charge on any atom is -0.497 e. The van der Waals surface area contributed by atoms with Crippen LogP contribution >= 0.6 is 0 Å². The molecule has 18 heavy (non-hydrogen) atoms. The second-order valence-corrected chi connectivity index (χ2v) is 3.83. The molecule has 0 aliphatic heterocycles. The van der Waals surface area contributed by atoms with E-state index in [1.165, 1.54) is 0 Å². The van der Waals surface area contributed by atoms with Gasteiger partial charge in [0, 0.05) is 13.5 Å². The lowest BCUT2D eigenvalue weighted by molar-refractivity contribution is 0.414. The van der Waals surface area contributed by atoms with Gasteiger partial charge in [0.1, 0.15) is 11.4 Å². The standard InChI is InChI=1S/C13H13N3O2/c1-16-13(12(8-15-16)14-9-17)7-10-3-5-11(18-2)6-4-10/h3-6,8H,7H2,1-2H3. The molecule has 2 rings (SSSR count). The fourth-order valence-electron chi connectivity index (χ4n) is 1.74. The number of methoxy groups -OCH3 is 1. The second kappa shape index (κ2) is 5.29. The van der Waals surface area contributed by atoms with Crippen molar-refractivity contribution in [2.75, 3.05) is 7.11 Å². The van der Waals surface area contributed by atoms with Crippen molar-refractivity contribution in [2.45, 2.75) is 6.42 Å². The van der Waals surface area contributed by atoms with E-state index in [9.17, 15) is 4.79 Å². The fraction of sp³-hybridized carbons (Fsp3) is 0.231. The van der Waals surface area contributed by atoms with Gasteiger partial charge in [0.05, 0.1) is 19.0 Å². The molecular weight excluding hydrogens is 230 g/mol. The zero-order chi connectivity index (χ0) is 13.0.